The SMILES string of the molecule is C=C1OCCC1=C/C(=C\CC)c1nc(C(=O)Nc2nc(N(O)NC)n[nH]2)cs1. The van der Waals surface area contributed by atoms with Crippen molar-refractivity contribution < 1.29 is 14.7 Å². The highest BCUT2D eigenvalue weighted by Crippen LogP contribution is 2.29. The van der Waals surface area contributed by atoms with Gasteiger partial charge in [0.25, 0.3) is 11.9 Å². The van der Waals surface area contributed by atoms with E-state index in [1.165, 1.54) is 18.4 Å². The van der Waals surface area contributed by atoms with Gasteiger partial charge in [-0.05, 0) is 18.1 Å². The van der Waals surface area contributed by atoms with Crippen molar-refractivity contribution >= 4 is 34.7 Å². The van der Waals surface area contributed by atoms with Crippen molar-refractivity contribution in [1.29, 1.82) is 0 Å². The highest BCUT2D eigenvalue weighted by atomic mass is 32.1. The number of carbonyl (C=O) groups is 1. The van der Waals surface area contributed by atoms with Gasteiger partial charge in [0.2, 0.25) is 5.95 Å². The number of hydrazine groups is 1. The molecule has 0 bridgehead atoms. The van der Waals surface area contributed by atoms with Gasteiger partial charge >= 0.3 is 0 Å². The number of aromatic nitrogens is 4. The third-order valence-electron chi connectivity index (χ3n) is 3.85. The van der Waals surface area contributed by atoms with Crippen LogP contribution in [0.15, 0.2) is 35.4 Å². The van der Waals surface area contributed by atoms with Gasteiger partial charge in [-0.25, -0.2) is 15.5 Å². The average molecular weight is 403 g/mol. The zero-order valence-electron chi connectivity index (χ0n) is 15.5. The lowest BCUT2D eigenvalue weighted by atomic mass is 10.1. The number of nitrogens with zero attached hydrogens (tertiary/aromatic N) is 4. The Kier molecular flexibility index (Phi) is 6.19. The van der Waals surface area contributed by atoms with Crippen LogP contribution in [0.1, 0.15) is 35.3 Å². The monoisotopic (exact) mass is 403 g/mol. The van der Waals surface area contributed by atoms with Crippen molar-refractivity contribution in [3.8, 4) is 0 Å². The molecule has 0 radical (unpaired) electrons. The van der Waals surface area contributed by atoms with E-state index < -0.39 is 5.91 Å². The normalized spacial score (nSPS) is 15.8. The van der Waals surface area contributed by atoms with Crippen molar-refractivity contribution in [2.75, 3.05) is 24.1 Å². The number of hydrogen-bond donors (Lipinski definition) is 4. The van der Waals surface area contributed by atoms with Crippen LogP contribution >= 0.6 is 11.3 Å². The second-order valence-corrected chi connectivity index (χ2v) is 6.63. The maximum absolute atomic E-state index is 12.4. The van der Waals surface area contributed by atoms with E-state index in [4.69, 9.17) is 4.74 Å². The molecular formula is C17H21N7O3S. The second kappa shape index (κ2) is 8.78. The number of nitrogens with one attached hydrogen (secondary N) is 3. The van der Waals surface area contributed by atoms with Crippen LogP contribution in [0.2, 0.25) is 0 Å². The highest BCUT2D eigenvalue weighted by Gasteiger charge is 2.18. The zero-order valence-corrected chi connectivity index (χ0v) is 16.3. The zero-order chi connectivity index (χ0) is 20.1. The van der Waals surface area contributed by atoms with Gasteiger partial charge in [-0.15, -0.1) is 21.6 Å². The number of anilines is 2. The number of hydrogen-bond acceptors (Lipinski definition) is 9. The molecule has 28 heavy (non-hydrogen) atoms. The molecule has 3 heterocycles. The van der Waals surface area contributed by atoms with Gasteiger partial charge in [-0.2, -0.15) is 4.98 Å². The van der Waals surface area contributed by atoms with E-state index in [1.54, 1.807) is 5.38 Å². The molecule has 0 spiro atoms. The molecular weight excluding hydrogens is 382 g/mol. The lowest BCUT2D eigenvalue weighted by molar-refractivity contribution is 0.102. The molecule has 11 heteroatoms. The molecule has 1 fully saturated rings. The molecule has 1 amide bonds. The topological polar surface area (TPSA) is 128 Å². The molecule has 2 aromatic heterocycles. The fourth-order valence-corrected chi connectivity index (χ4v) is 3.28. The molecule has 148 valence electrons. The van der Waals surface area contributed by atoms with Crippen LogP contribution in [-0.2, 0) is 4.74 Å². The summed E-state index contributed by atoms with van der Waals surface area (Å²) < 4.78 is 5.40. The molecule has 0 unspecified atom stereocenters. The van der Waals surface area contributed by atoms with Crippen LogP contribution in [0.5, 0.6) is 0 Å². The first kappa shape index (κ1) is 19.7. The van der Waals surface area contributed by atoms with E-state index in [1.807, 2.05) is 13.0 Å². The highest BCUT2D eigenvalue weighted by molar-refractivity contribution is 7.11. The molecule has 0 aliphatic carbocycles. The molecule has 1 aliphatic heterocycles. The standard InChI is InChI=1S/C17H21N7O3S/c1-4-5-12(8-11-6-7-27-10(11)2)15-19-13(9-28-15)14(25)20-16-21-17(23-22-16)24(26)18-3/h5,8-9,18,26H,2,4,6-7H2,1,3H3,(H2,20,21,22,23,25)/b11-8?,12-5+. The molecule has 4 N–H and O–H groups in total. The number of carbonyl (C=O) groups excluding carboxylic acids is 1. The van der Waals surface area contributed by atoms with E-state index in [9.17, 15) is 10.0 Å². The number of allylic oxidation sites excluding steroid dienone is 4. The minimum atomic E-state index is -0.434. The molecule has 0 aromatic carbocycles. The summed E-state index contributed by atoms with van der Waals surface area (Å²) in [5.41, 5.74) is 4.66. The summed E-state index contributed by atoms with van der Waals surface area (Å²) in [4.78, 5) is 20.8. The summed E-state index contributed by atoms with van der Waals surface area (Å²) >= 11 is 1.38. The summed E-state index contributed by atoms with van der Waals surface area (Å²) in [6, 6.07) is 0. The lowest BCUT2D eigenvalue weighted by Crippen LogP contribution is -2.32. The predicted molar refractivity (Wildman–Crippen MR) is 106 cm³/mol. The van der Waals surface area contributed by atoms with Crippen LogP contribution in [0.4, 0.5) is 11.9 Å². The van der Waals surface area contributed by atoms with Crippen LogP contribution in [-0.4, -0.2) is 44.9 Å². The Balaban J connectivity index is 1.74. The van der Waals surface area contributed by atoms with Crippen LogP contribution in [0, 0.1) is 0 Å². The minimum Gasteiger partial charge on any atom is -0.494 e. The minimum absolute atomic E-state index is 0.0319. The summed E-state index contributed by atoms with van der Waals surface area (Å²) in [6.07, 6.45) is 5.70. The first-order valence-electron chi connectivity index (χ1n) is 8.60. The van der Waals surface area contributed by atoms with Crippen LogP contribution < -0.4 is 15.9 Å². The van der Waals surface area contributed by atoms with E-state index in [0.29, 0.717) is 17.5 Å². The Morgan fingerprint density at radius 2 is 2.36 bits per heavy atom. The predicted octanol–water partition coefficient (Wildman–Crippen LogP) is 2.50. The Labute approximate surface area is 165 Å². The van der Waals surface area contributed by atoms with Crippen molar-refractivity contribution in [1.82, 2.24) is 25.6 Å². The Morgan fingerprint density at radius 3 is 3.04 bits per heavy atom. The number of ether oxygens (including phenoxy) is 1. The summed E-state index contributed by atoms with van der Waals surface area (Å²) in [5, 5.41) is 21.3. The summed E-state index contributed by atoms with van der Waals surface area (Å²) in [6.45, 7) is 6.57. The third kappa shape index (κ3) is 4.44. The van der Waals surface area contributed by atoms with Gasteiger partial charge in [0.1, 0.15) is 16.5 Å². The van der Waals surface area contributed by atoms with E-state index in [-0.39, 0.29) is 17.6 Å². The maximum atomic E-state index is 12.4. The van der Waals surface area contributed by atoms with E-state index >= 15 is 0 Å². The van der Waals surface area contributed by atoms with Gasteiger partial charge in [0.05, 0.1) is 6.61 Å². The molecule has 1 aliphatic rings. The fourth-order valence-electron chi connectivity index (χ4n) is 2.47. The molecule has 0 atom stereocenters. The molecule has 2 aromatic rings. The molecule has 3 rings (SSSR count). The molecule has 10 nitrogen and oxygen atoms in total. The largest absolute Gasteiger partial charge is 0.494 e. The lowest BCUT2D eigenvalue weighted by Gasteiger charge is -2.07. The van der Waals surface area contributed by atoms with E-state index in [0.717, 1.165) is 29.0 Å². The number of amides is 1. The second-order valence-electron chi connectivity index (χ2n) is 5.77. The smallest absolute Gasteiger partial charge is 0.285 e. The van der Waals surface area contributed by atoms with Gasteiger partial charge < -0.3 is 4.74 Å². The van der Waals surface area contributed by atoms with Crippen molar-refractivity contribution in [2.45, 2.75) is 19.8 Å². The van der Waals surface area contributed by atoms with Gasteiger partial charge in [0.15, 0.2) is 0 Å². The van der Waals surface area contributed by atoms with Crippen molar-refractivity contribution in [3.63, 3.8) is 0 Å². The van der Waals surface area contributed by atoms with E-state index in [2.05, 4.69) is 43.6 Å². The fraction of sp³-hybridized carbons (Fsp3) is 0.294. The van der Waals surface area contributed by atoms with Crippen LogP contribution in [0.25, 0.3) is 5.57 Å². The first-order valence-corrected chi connectivity index (χ1v) is 9.48. The van der Waals surface area contributed by atoms with Gasteiger partial charge in [-0.3, -0.25) is 15.3 Å². The first-order chi connectivity index (χ1) is 13.5. The quantitative estimate of drug-likeness (QED) is 0.519. The van der Waals surface area contributed by atoms with Gasteiger partial charge in [-0.1, -0.05) is 19.6 Å². The van der Waals surface area contributed by atoms with Crippen LogP contribution in [0.3, 0.4) is 0 Å². The van der Waals surface area contributed by atoms with Crippen molar-refractivity contribution in [2.24, 2.45) is 0 Å². The molecule has 1 saturated heterocycles. The number of H-pyrrole nitrogens is 1. The van der Waals surface area contributed by atoms with Gasteiger partial charge in [0, 0.05) is 24.4 Å². The third-order valence-corrected chi connectivity index (χ3v) is 4.74. The number of thiazole rings is 1. The summed E-state index contributed by atoms with van der Waals surface area (Å²) in [5.74, 6) is 0.304. The maximum Gasteiger partial charge on any atom is 0.285 e. The van der Waals surface area contributed by atoms with Crippen molar-refractivity contribution in [3.05, 3.63) is 46.1 Å². The summed E-state index contributed by atoms with van der Waals surface area (Å²) in [7, 11) is 1.50. The number of rotatable bonds is 7. The Morgan fingerprint density at radius 1 is 1.54 bits per heavy atom. The number of aromatic amines is 1. The Hall–Kier alpha value is -3.02. The Bertz CT molecular complexity index is 931. The average Bonchev–Trinajstić information content (AvgIpc) is 3.42. The molecule has 0 saturated carbocycles.